The zero-order valence-electron chi connectivity index (χ0n) is 11.5. The predicted molar refractivity (Wildman–Crippen MR) is 90.1 cm³/mol. The molecule has 21 heavy (non-hydrogen) atoms. The Hall–Kier alpha value is -1.59. The molecule has 0 unspecified atom stereocenters. The fraction of sp³-hybridized carbons (Fsp3) is 0.200. The smallest absolute Gasteiger partial charge is 0.274 e. The summed E-state index contributed by atoms with van der Waals surface area (Å²) in [6.07, 6.45) is 2.68. The number of benzene rings is 1. The Morgan fingerprint density at radius 2 is 2.14 bits per heavy atom. The van der Waals surface area contributed by atoms with Gasteiger partial charge < -0.3 is 10.6 Å². The summed E-state index contributed by atoms with van der Waals surface area (Å²) in [5, 5.41) is 6.53. The van der Waals surface area contributed by atoms with Gasteiger partial charge in [0, 0.05) is 6.54 Å². The highest BCUT2D eigenvalue weighted by Gasteiger charge is 2.11. The van der Waals surface area contributed by atoms with E-state index in [4.69, 9.17) is 11.6 Å². The Morgan fingerprint density at radius 3 is 2.81 bits per heavy atom. The first-order valence-corrected chi connectivity index (χ1v) is 7.74. The Labute approximate surface area is 137 Å². The van der Waals surface area contributed by atoms with Crippen LogP contribution in [0.25, 0.3) is 0 Å². The number of carbonyl (C=O) groups excluding carboxylic acids is 1. The Balaban J connectivity index is 2.08. The van der Waals surface area contributed by atoms with E-state index >= 15 is 0 Å². The first-order valence-electron chi connectivity index (χ1n) is 6.57. The average molecular weight is 369 g/mol. The van der Waals surface area contributed by atoms with Crippen LogP contribution in [0.15, 0.2) is 41.0 Å². The second-order valence-corrected chi connectivity index (χ2v) is 5.61. The van der Waals surface area contributed by atoms with E-state index in [1.807, 2.05) is 6.07 Å². The summed E-state index contributed by atoms with van der Waals surface area (Å²) >= 11 is 9.33. The fourth-order valence-electron chi connectivity index (χ4n) is 1.69. The van der Waals surface area contributed by atoms with Gasteiger partial charge in [-0.1, -0.05) is 24.6 Å². The lowest BCUT2D eigenvalue weighted by atomic mass is 10.2. The van der Waals surface area contributed by atoms with Crippen LogP contribution in [0.5, 0.6) is 0 Å². The standard InChI is InChI=1S/C15H15BrClN3O/c1-2-8-18-10-6-7-13(19-9-10)15(21)20-12-5-3-4-11(17)14(12)16/h3-7,9,18H,2,8H2,1H3,(H,20,21). The van der Waals surface area contributed by atoms with Crippen molar-refractivity contribution in [3.63, 3.8) is 0 Å². The highest BCUT2D eigenvalue weighted by Crippen LogP contribution is 2.30. The lowest BCUT2D eigenvalue weighted by molar-refractivity contribution is 0.102. The first kappa shape index (κ1) is 15.8. The predicted octanol–water partition coefficient (Wildman–Crippen LogP) is 4.57. The Kier molecular flexibility index (Phi) is 5.59. The molecule has 0 aliphatic carbocycles. The van der Waals surface area contributed by atoms with E-state index in [0.717, 1.165) is 18.7 Å². The molecule has 0 aliphatic heterocycles. The monoisotopic (exact) mass is 367 g/mol. The zero-order valence-corrected chi connectivity index (χ0v) is 13.8. The summed E-state index contributed by atoms with van der Waals surface area (Å²) in [5.41, 5.74) is 1.86. The van der Waals surface area contributed by atoms with Crippen molar-refractivity contribution in [1.29, 1.82) is 0 Å². The number of nitrogens with one attached hydrogen (secondary N) is 2. The van der Waals surface area contributed by atoms with Crippen LogP contribution in [0.2, 0.25) is 5.02 Å². The van der Waals surface area contributed by atoms with Crippen LogP contribution in [0.3, 0.4) is 0 Å². The van der Waals surface area contributed by atoms with Crippen molar-refractivity contribution >= 4 is 44.8 Å². The second-order valence-electron chi connectivity index (χ2n) is 4.41. The number of rotatable bonds is 5. The third-order valence-corrected chi connectivity index (χ3v) is 4.17. The highest BCUT2D eigenvalue weighted by molar-refractivity contribution is 9.10. The lowest BCUT2D eigenvalue weighted by Crippen LogP contribution is -2.14. The molecule has 0 fully saturated rings. The number of halogens is 2. The number of amides is 1. The van der Waals surface area contributed by atoms with Crippen molar-refractivity contribution in [2.75, 3.05) is 17.2 Å². The van der Waals surface area contributed by atoms with Gasteiger partial charge >= 0.3 is 0 Å². The molecule has 2 aromatic rings. The number of nitrogens with zero attached hydrogens (tertiary/aromatic N) is 1. The summed E-state index contributed by atoms with van der Waals surface area (Å²) in [4.78, 5) is 16.3. The molecule has 1 aromatic carbocycles. The summed E-state index contributed by atoms with van der Waals surface area (Å²) < 4.78 is 0.654. The number of hydrogen-bond donors (Lipinski definition) is 2. The van der Waals surface area contributed by atoms with E-state index in [9.17, 15) is 4.79 Å². The molecule has 0 saturated heterocycles. The van der Waals surface area contributed by atoms with E-state index in [2.05, 4.69) is 38.5 Å². The van der Waals surface area contributed by atoms with Gasteiger partial charge in [0.05, 0.1) is 27.1 Å². The Bertz CT molecular complexity index is 631. The third-order valence-electron chi connectivity index (χ3n) is 2.78. The number of hydrogen-bond acceptors (Lipinski definition) is 3. The molecule has 1 aromatic heterocycles. The molecule has 2 N–H and O–H groups in total. The number of anilines is 2. The molecule has 2 rings (SSSR count). The minimum absolute atomic E-state index is 0.278. The molecule has 0 bridgehead atoms. The molecule has 1 heterocycles. The van der Waals surface area contributed by atoms with Gasteiger partial charge in [-0.05, 0) is 46.6 Å². The molecular formula is C15H15BrClN3O. The van der Waals surface area contributed by atoms with Crippen molar-refractivity contribution in [2.45, 2.75) is 13.3 Å². The topological polar surface area (TPSA) is 54.0 Å². The number of carbonyl (C=O) groups is 1. The molecule has 4 nitrogen and oxygen atoms in total. The highest BCUT2D eigenvalue weighted by atomic mass is 79.9. The SMILES string of the molecule is CCCNc1ccc(C(=O)Nc2cccc(Cl)c2Br)nc1. The van der Waals surface area contributed by atoms with Crippen molar-refractivity contribution in [2.24, 2.45) is 0 Å². The first-order chi connectivity index (χ1) is 10.1. The van der Waals surface area contributed by atoms with Crippen LogP contribution >= 0.6 is 27.5 Å². The zero-order chi connectivity index (χ0) is 15.2. The maximum absolute atomic E-state index is 12.1. The third kappa shape index (κ3) is 4.19. The van der Waals surface area contributed by atoms with Gasteiger partial charge in [-0.2, -0.15) is 0 Å². The summed E-state index contributed by atoms with van der Waals surface area (Å²) in [6.45, 7) is 2.97. The largest absolute Gasteiger partial charge is 0.384 e. The van der Waals surface area contributed by atoms with Crippen molar-refractivity contribution < 1.29 is 4.79 Å². The number of pyridine rings is 1. The van der Waals surface area contributed by atoms with Crippen LogP contribution in [0.1, 0.15) is 23.8 Å². The lowest BCUT2D eigenvalue weighted by Gasteiger charge is -2.09. The quantitative estimate of drug-likeness (QED) is 0.812. The van der Waals surface area contributed by atoms with E-state index < -0.39 is 0 Å². The van der Waals surface area contributed by atoms with E-state index in [1.54, 1.807) is 30.5 Å². The number of aromatic nitrogens is 1. The molecule has 0 spiro atoms. The van der Waals surface area contributed by atoms with Gasteiger partial charge in [0.25, 0.3) is 5.91 Å². The van der Waals surface area contributed by atoms with Gasteiger partial charge in [0.2, 0.25) is 0 Å². The maximum atomic E-state index is 12.1. The van der Waals surface area contributed by atoms with Crippen molar-refractivity contribution in [3.05, 3.63) is 51.7 Å². The van der Waals surface area contributed by atoms with Crippen LogP contribution in [0, 0.1) is 0 Å². The van der Waals surface area contributed by atoms with Gasteiger partial charge in [-0.15, -0.1) is 0 Å². The van der Waals surface area contributed by atoms with E-state index in [1.165, 1.54) is 0 Å². The summed E-state index contributed by atoms with van der Waals surface area (Å²) in [7, 11) is 0. The molecule has 0 radical (unpaired) electrons. The van der Waals surface area contributed by atoms with Gasteiger partial charge in [-0.3, -0.25) is 4.79 Å². The molecule has 6 heteroatoms. The van der Waals surface area contributed by atoms with Gasteiger partial charge in [0.15, 0.2) is 0 Å². The Morgan fingerprint density at radius 1 is 1.33 bits per heavy atom. The molecule has 0 aliphatic rings. The van der Waals surface area contributed by atoms with Crippen LogP contribution in [-0.4, -0.2) is 17.4 Å². The minimum atomic E-state index is -0.278. The van der Waals surface area contributed by atoms with Crippen LogP contribution < -0.4 is 10.6 Å². The molecular weight excluding hydrogens is 354 g/mol. The van der Waals surface area contributed by atoms with Gasteiger partial charge in [-0.25, -0.2) is 4.98 Å². The molecule has 1 amide bonds. The second kappa shape index (κ2) is 7.43. The van der Waals surface area contributed by atoms with E-state index in [0.29, 0.717) is 20.9 Å². The van der Waals surface area contributed by atoms with Crippen molar-refractivity contribution in [1.82, 2.24) is 4.98 Å². The van der Waals surface area contributed by atoms with Crippen molar-refractivity contribution in [3.8, 4) is 0 Å². The fourth-order valence-corrected chi connectivity index (χ4v) is 2.23. The van der Waals surface area contributed by atoms with Gasteiger partial charge in [0.1, 0.15) is 5.69 Å². The summed E-state index contributed by atoms with van der Waals surface area (Å²) in [5.74, 6) is -0.278. The maximum Gasteiger partial charge on any atom is 0.274 e. The molecule has 110 valence electrons. The average Bonchev–Trinajstić information content (AvgIpc) is 2.50. The van der Waals surface area contributed by atoms with Crippen LogP contribution in [0.4, 0.5) is 11.4 Å². The molecule has 0 saturated carbocycles. The summed E-state index contributed by atoms with van der Waals surface area (Å²) in [6, 6.07) is 8.81. The van der Waals surface area contributed by atoms with E-state index in [-0.39, 0.29) is 5.91 Å². The van der Waals surface area contributed by atoms with Crippen LogP contribution in [-0.2, 0) is 0 Å². The normalized spacial score (nSPS) is 10.2. The minimum Gasteiger partial charge on any atom is -0.384 e. The molecule has 0 atom stereocenters.